The number of rotatable bonds is 5. The molecule has 0 atom stereocenters. The number of hydrogen-bond acceptors (Lipinski definition) is 3. The number of ketones is 1. The number of halogens is 1. The summed E-state index contributed by atoms with van der Waals surface area (Å²) in [7, 11) is 1.75. The molecule has 1 heterocycles. The summed E-state index contributed by atoms with van der Waals surface area (Å²) >= 11 is 5.90. The second kappa shape index (κ2) is 6.75. The number of benzene rings is 1. The molecule has 0 aliphatic carbocycles. The molecule has 0 radical (unpaired) electrons. The number of nitrogens with zero attached hydrogens (tertiary/aromatic N) is 2. The van der Waals surface area contributed by atoms with E-state index in [1.54, 1.807) is 31.6 Å². The zero-order valence-electron chi connectivity index (χ0n) is 12.8. The van der Waals surface area contributed by atoms with E-state index >= 15 is 0 Å². The predicted molar refractivity (Wildman–Crippen MR) is 85.2 cm³/mol. The van der Waals surface area contributed by atoms with Gasteiger partial charge in [-0.3, -0.25) is 14.3 Å². The Morgan fingerprint density at radius 2 is 2.05 bits per heavy atom. The van der Waals surface area contributed by atoms with Crippen LogP contribution in [-0.2, 0) is 18.3 Å². The van der Waals surface area contributed by atoms with E-state index in [4.69, 9.17) is 11.6 Å². The van der Waals surface area contributed by atoms with Gasteiger partial charge in [-0.1, -0.05) is 23.7 Å². The van der Waals surface area contributed by atoms with Crippen molar-refractivity contribution in [1.29, 1.82) is 0 Å². The van der Waals surface area contributed by atoms with Gasteiger partial charge in [0.1, 0.15) is 0 Å². The van der Waals surface area contributed by atoms with E-state index in [0.717, 1.165) is 5.56 Å². The van der Waals surface area contributed by atoms with Crippen molar-refractivity contribution in [3.05, 3.63) is 51.8 Å². The molecule has 0 fully saturated rings. The van der Waals surface area contributed by atoms with E-state index < -0.39 is 11.7 Å². The summed E-state index contributed by atoms with van der Waals surface area (Å²) in [4.78, 5) is 24.2. The third-order valence-corrected chi connectivity index (χ3v) is 3.77. The summed E-state index contributed by atoms with van der Waals surface area (Å²) in [6, 6.07) is 7.41. The summed E-state index contributed by atoms with van der Waals surface area (Å²) in [6.07, 6.45) is 0.616. The van der Waals surface area contributed by atoms with Crippen molar-refractivity contribution in [2.45, 2.75) is 20.3 Å². The minimum Gasteiger partial charge on any atom is -0.349 e. The number of aromatic nitrogens is 2. The molecule has 0 unspecified atom stereocenters. The van der Waals surface area contributed by atoms with Crippen molar-refractivity contribution in [1.82, 2.24) is 15.1 Å². The molecule has 2 aromatic rings. The molecule has 0 saturated carbocycles. The maximum Gasteiger partial charge on any atom is 0.292 e. The predicted octanol–water partition coefficient (Wildman–Crippen LogP) is 2.23. The van der Waals surface area contributed by atoms with Crippen LogP contribution in [0.1, 0.15) is 27.3 Å². The van der Waals surface area contributed by atoms with E-state index in [-0.39, 0.29) is 0 Å². The number of carbonyl (C=O) groups is 2. The number of Topliss-reactive ketones (excluding diaryl/α,β-unsaturated/α-hetero) is 1. The normalized spacial score (nSPS) is 10.5. The first kappa shape index (κ1) is 16.2. The molecule has 0 spiro atoms. The lowest BCUT2D eigenvalue weighted by atomic mass is 10.1. The molecule has 0 saturated heterocycles. The van der Waals surface area contributed by atoms with E-state index in [0.29, 0.717) is 34.9 Å². The van der Waals surface area contributed by atoms with Crippen LogP contribution in [0.2, 0.25) is 5.02 Å². The average Bonchev–Trinajstić information content (AvgIpc) is 2.71. The first-order valence-electron chi connectivity index (χ1n) is 6.97. The van der Waals surface area contributed by atoms with E-state index in [2.05, 4.69) is 10.4 Å². The third-order valence-electron chi connectivity index (χ3n) is 3.53. The number of carbonyl (C=O) groups excluding carboxylic acids is 2. The minimum atomic E-state index is -0.610. The van der Waals surface area contributed by atoms with Gasteiger partial charge in [-0.2, -0.15) is 5.10 Å². The zero-order valence-corrected chi connectivity index (χ0v) is 13.6. The van der Waals surface area contributed by atoms with Gasteiger partial charge in [0.15, 0.2) is 0 Å². The molecule has 1 aromatic heterocycles. The molecule has 0 aliphatic rings. The smallest absolute Gasteiger partial charge is 0.292 e. The molecule has 1 N–H and O–H groups in total. The average molecular weight is 320 g/mol. The van der Waals surface area contributed by atoms with E-state index in [1.807, 2.05) is 18.2 Å². The van der Waals surface area contributed by atoms with Crippen LogP contribution in [0.15, 0.2) is 24.3 Å². The molecule has 0 bridgehead atoms. The van der Waals surface area contributed by atoms with Crippen LogP contribution in [-0.4, -0.2) is 28.0 Å². The second-order valence-electron chi connectivity index (χ2n) is 5.13. The molecule has 2 rings (SSSR count). The Morgan fingerprint density at radius 1 is 1.32 bits per heavy atom. The number of aryl methyl sites for hydroxylation is 2. The van der Waals surface area contributed by atoms with Gasteiger partial charge in [-0.25, -0.2) is 0 Å². The van der Waals surface area contributed by atoms with Gasteiger partial charge in [-0.15, -0.1) is 0 Å². The summed E-state index contributed by atoms with van der Waals surface area (Å²) < 4.78 is 1.60. The van der Waals surface area contributed by atoms with Gasteiger partial charge in [0.25, 0.3) is 11.7 Å². The van der Waals surface area contributed by atoms with Crippen LogP contribution < -0.4 is 5.32 Å². The lowest BCUT2D eigenvalue weighted by Gasteiger charge is -2.05. The van der Waals surface area contributed by atoms with Crippen molar-refractivity contribution < 1.29 is 9.59 Å². The maximum absolute atomic E-state index is 12.2. The Hall–Kier alpha value is -2.14. The van der Waals surface area contributed by atoms with Crippen molar-refractivity contribution in [3.63, 3.8) is 0 Å². The fourth-order valence-corrected chi connectivity index (χ4v) is 2.52. The van der Waals surface area contributed by atoms with Crippen LogP contribution in [0.3, 0.4) is 0 Å². The fourth-order valence-electron chi connectivity index (χ4n) is 2.31. The van der Waals surface area contributed by atoms with Gasteiger partial charge in [0, 0.05) is 24.3 Å². The van der Waals surface area contributed by atoms with E-state index in [1.165, 1.54) is 0 Å². The second-order valence-corrected chi connectivity index (χ2v) is 5.57. The lowest BCUT2D eigenvalue weighted by Crippen LogP contribution is -2.33. The Labute approximate surface area is 134 Å². The maximum atomic E-state index is 12.2. The highest BCUT2D eigenvalue weighted by Gasteiger charge is 2.23. The Kier molecular flexibility index (Phi) is 4.98. The first-order chi connectivity index (χ1) is 10.4. The monoisotopic (exact) mass is 319 g/mol. The van der Waals surface area contributed by atoms with Crippen LogP contribution in [0.25, 0.3) is 0 Å². The topological polar surface area (TPSA) is 64.0 Å². The van der Waals surface area contributed by atoms with Gasteiger partial charge in [0.05, 0.1) is 11.3 Å². The first-order valence-corrected chi connectivity index (χ1v) is 7.35. The van der Waals surface area contributed by atoms with Gasteiger partial charge < -0.3 is 5.32 Å². The van der Waals surface area contributed by atoms with Crippen molar-refractivity contribution in [3.8, 4) is 0 Å². The molecule has 1 aromatic carbocycles. The van der Waals surface area contributed by atoms with Gasteiger partial charge in [0.2, 0.25) is 0 Å². The highest BCUT2D eigenvalue weighted by Crippen LogP contribution is 2.13. The molecular formula is C16H18ClN3O2. The van der Waals surface area contributed by atoms with Crippen LogP contribution in [0, 0.1) is 13.8 Å². The molecule has 1 amide bonds. The Bertz CT molecular complexity index is 722. The molecular weight excluding hydrogens is 302 g/mol. The van der Waals surface area contributed by atoms with Crippen molar-refractivity contribution >= 4 is 23.3 Å². The number of nitrogens with one attached hydrogen (secondary N) is 1. The molecule has 22 heavy (non-hydrogen) atoms. The standard InChI is InChI=1S/C16H18ClN3O2/c1-10-14(11(2)20(3)19-10)15(21)16(22)18-8-7-12-5-4-6-13(17)9-12/h4-6,9H,7-8H2,1-3H3,(H,18,22). The quantitative estimate of drug-likeness (QED) is 0.679. The highest BCUT2D eigenvalue weighted by molar-refractivity contribution is 6.43. The number of hydrogen-bond donors (Lipinski definition) is 1. The highest BCUT2D eigenvalue weighted by atomic mass is 35.5. The molecule has 0 aliphatic heterocycles. The third kappa shape index (κ3) is 3.54. The van der Waals surface area contributed by atoms with Crippen molar-refractivity contribution in [2.24, 2.45) is 7.05 Å². The lowest BCUT2D eigenvalue weighted by molar-refractivity contribution is -0.116. The van der Waals surface area contributed by atoms with Gasteiger partial charge in [-0.05, 0) is 38.0 Å². The summed E-state index contributed by atoms with van der Waals surface area (Å²) in [5.74, 6) is -1.16. The largest absolute Gasteiger partial charge is 0.349 e. The van der Waals surface area contributed by atoms with Crippen LogP contribution in [0.4, 0.5) is 0 Å². The van der Waals surface area contributed by atoms with E-state index in [9.17, 15) is 9.59 Å². The fraction of sp³-hybridized carbons (Fsp3) is 0.312. The molecule has 6 heteroatoms. The zero-order chi connectivity index (χ0) is 16.3. The summed E-state index contributed by atoms with van der Waals surface area (Å²) in [5, 5.41) is 7.45. The van der Waals surface area contributed by atoms with Crippen molar-refractivity contribution in [2.75, 3.05) is 6.54 Å². The number of amides is 1. The molecule has 5 nitrogen and oxygen atoms in total. The minimum absolute atomic E-state index is 0.378. The van der Waals surface area contributed by atoms with Crippen LogP contribution >= 0.6 is 11.6 Å². The van der Waals surface area contributed by atoms with Gasteiger partial charge >= 0.3 is 0 Å². The SMILES string of the molecule is Cc1nn(C)c(C)c1C(=O)C(=O)NCCc1cccc(Cl)c1. The summed E-state index contributed by atoms with van der Waals surface area (Å²) in [5.41, 5.74) is 2.64. The molecule has 116 valence electrons. The Balaban J connectivity index is 1.96. The van der Waals surface area contributed by atoms with Crippen LogP contribution in [0.5, 0.6) is 0 Å². The summed E-state index contributed by atoms with van der Waals surface area (Å²) in [6.45, 7) is 3.87. The Morgan fingerprint density at radius 3 is 2.64 bits per heavy atom.